The van der Waals surface area contributed by atoms with Gasteiger partial charge in [-0.05, 0) is 48.2 Å². The summed E-state index contributed by atoms with van der Waals surface area (Å²) in [6.07, 6.45) is 1.48. The molecular weight excluding hydrogens is 372 g/mol. The molecule has 3 aromatic rings. The van der Waals surface area contributed by atoms with E-state index in [1.54, 1.807) is 0 Å². The average Bonchev–Trinajstić information content (AvgIpc) is 2.81. The van der Waals surface area contributed by atoms with Gasteiger partial charge in [-0.25, -0.2) is 0 Å². The Morgan fingerprint density at radius 1 is 0.967 bits per heavy atom. The lowest BCUT2D eigenvalue weighted by Crippen LogP contribution is -2.46. The number of aliphatic hydroxyl groups is 1. The highest BCUT2D eigenvalue weighted by atomic mass is 16.3. The van der Waals surface area contributed by atoms with Crippen LogP contribution in [0.25, 0.3) is 0 Å². The lowest BCUT2D eigenvalue weighted by molar-refractivity contribution is 0.0916. The zero-order chi connectivity index (χ0) is 20.8. The highest BCUT2D eigenvalue weighted by Gasteiger charge is 2.35. The normalized spacial score (nSPS) is 17.6. The van der Waals surface area contributed by atoms with Gasteiger partial charge in [0.1, 0.15) is 0 Å². The van der Waals surface area contributed by atoms with Crippen LogP contribution in [-0.2, 0) is 6.42 Å². The zero-order valence-electron chi connectivity index (χ0n) is 17.0. The Hall–Kier alpha value is -2.95. The van der Waals surface area contributed by atoms with Crippen LogP contribution in [0, 0.1) is 0 Å². The molecule has 0 saturated carbocycles. The maximum atomic E-state index is 13.0. The number of carbonyl (C=O) groups excluding carboxylic acids is 1. The Balaban J connectivity index is 1.72. The van der Waals surface area contributed by atoms with Crippen molar-refractivity contribution in [1.82, 2.24) is 10.6 Å². The van der Waals surface area contributed by atoms with Crippen LogP contribution in [0.3, 0.4) is 0 Å². The van der Waals surface area contributed by atoms with Crippen molar-refractivity contribution in [2.75, 3.05) is 13.2 Å². The van der Waals surface area contributed by atoms with Crippen LogP contribution in [0.4, 0.5) is 0 Å². The molecule has 0 bridgehead atoms. The summed E-state index contributed by atoms with van der Waals surface area (Å²) in [7, 11) is 0. The van der Waals surface area contributed by atoms with Gasteiger partial charge >= 0.3 is 0 Å². The molecule has 3 N–H and O–H groups in total. The van der Waals surface area contributed by atoms with Gasteiger partial charge in [-0.15, -0.1) is 0 Å². The van der Waals surface area contributed by atoms with E-state index in [0.717, 1.165) is 18.5 Å². The number of hydrogen-bond acceptors (Lipinski definition) is 3. The van der Waals surface area contributed by atoms with E-state index in [1.165, 1.54) is 11.1 Å². The largest absolute Gasteiger partial charge is 0.396 e. The van der Waals surface area contributed by atoms with Crippen molar-refractivity contribution in [3.05, 3.63) is 107 Å². The predicted octanol–water partition coefficient (Wildman–Crippen LogP) is 3.84. The lowest BCUT2D eigenvalue weighted by atomic mass is 9.77. The molecule has 30 heavy (non-hydrogen) atoms. The van der Waals surface area contributed by atoms with Crippen LogP contribution >= 0.6 is 0 Å². The van der Waals surface area contributed by atoms with E-state index in [4.69, 9.17) is 0 Å². The van der Waals surface area contributed by atoms with Gasteiger partial charge in [0, 0.05) is 30.2 Å². The molecule has 0 aliphatic carbocycles. The van der Waals surface area contributed by atoms with E-state index >= 15 is 0 Å². The third kappa shape index (κ3) is 4.45. The first kappa shape index (κ1) is 20.3. The molecule has 0 radical (unpaired) electrons. The van der Waals surface area contributed by atoms with Crippen molar-refractivity contribution in [1.29, 1.82) is 0 Å². The number of fused-ring (bicyclic) bond motifs is 1. The molecule has 4 nitrogen and oxygen atoms in total. The van der Waals surface area contributed by atoms with Gasteiger partial charge in [0.05, 0.1) is 0 Å². The van der Waals surface area contributed by atoms with Crippen LogP contribution < -0.4 is 10.6 Å². The summed E-state index contributed by atoms with van der Waals surface area (Å²) in [5.41, 5.74) is 4.40. The minimum Gasteiger partial charge on any atom is -0.396 e. The van der Waals surface area contributed by atoms with Gasteiger partial charge in [-0.3, -0.25) is 4.79 Å². The predicted molar refractivity (Wildman–Crippen MR) is 119 cm³/mol. The van der Waals surface area contributed by atoms with E-state index in [-0.39, 0.29) is 30.5 Å². The second kappa shape index (κ2) is 9.70. The molecule has 1 aliphatic heterocycles. The van der Waals surface area contributed by atoms with E-state index in [2.05, 4.69) is 47.0 Å². The molecule has 1 aliphatic rings. The smallest absolute Gasteiger partial charge is 0.251 e. The minimum absolute atomic E-state index is 0.00698. The summed E-state index contributed by atoms with van der Waals surface area (Å²) in [4.78, 5) is 13.0. The van der Waals surface area contributed by atoms with Gasteiger partial charge < -0.3 is 15.7 Å². The number of hydrogen-bond donors (Lipinski definition) is 3. The molecule has 0 spiro atoms. The zero-order valence-corrected chi connectivity index (χ0v) is 17.0. The van der Waals surface area contributed by atoms with Crippen LogP contribution in [0.2, 0.25) is 0 Å². The number of amides is 1. The molecule has 4 heteroatoms. The maximum absolute atomic E-state index is 13.0. The van der Waals surface area contributed by atoms with Crippen LogP contribution in [0.15, 0.2) is 84.9 Å². The van der Waals surface area contributed by atoms with Gasteiger partial charge in [0.15, 0.2) is 0 Å². The summed E-state index contributed by atoms with van der Waals surface area (Å²) in [6.45, 7) is 0.904. The maximum Gasteiger partial charge on any atom is 0.251 e. The van der Waals surface area contributed by atoms with Gasteiger partial charge in [-0.1, -0.05) is 72.8 Å². The van der Waals surface area contributed by atoms with Gasteiger partial charge in [0.25, 0.3) is 5.91 Å². The Morgan fingerprint density at radius 2 is 1.63 bits per heavy atom. The number of benzene rings is 3. The van der Waals surface area contributed by atoms with E-state index in [1.807, 2.05) is 48.5 Å². The second-order valence-electron chi connectivity index (χ2n) is 7.78. The van der Waals surface area contributed by atoms with Crippen molar-refractivity contribution >= 4 is 5.91 Å². The van der Waals surface area contributed by atoms with Crippen LogP contribution in [-0.4, -0.2) is 30.2 Å². The van der Waals surface area contributed by atoms with Crippen molar-refractivity contribution in [2.24, 2.45) is 0 Å². The van der Waals surface area contributed by atoms with Crippen molar-refractivity contribution in [3.63, 3.8) is 0 Å². The summed E-state index contributed by atoms with van der Waals surface area (Å²) < 4.78 is 0. The Kier molecular flexibility index (Phi) is 6.57. The summed E-state index contributed by atoms with van der Waals surface area (Å²) >= 11 is 0. The average molecular weight is 401 g/mol. The molecule has 3 aromatic carbocycles. The minimum atomic E-state index is -0.214. The molecule has 0 aromatic heterocycles. The fourth-order valence-electron chi connectivity index (χ4n) is 4.51. The molecule has 1 heterocycles. The van der Waals surface area contributed by atoms with E-state index < -0.39 is 0 Å². The SMILES string of the molecule is O=C(NC(CCO)C(c1ccccc1)C1NCCc2ccccc21)c1ccccc1. The first-order chi connectivity index (χ1) is 14.8. The molecule has 3 unspecified atom stereocenters. The van der Waals surface area contributed by atoms with Gasteiger partial charge in [0.2, 0.25) is 0 Å². The van der Waals surface area contributed by atoms with Crippen LogP contribution in [0.1, 0.15) is 45.4 Å². The fraction of sp³-hybridized carbons (Fsp3) is 0.269. The standard InChI is InChI=1S/C26H28N2O2/c29-18-16-23(28-26(30)21-12-5-2-6-13-21)24(20-10-3-1-4-11-20)25-22-14-8-7-9-19(22)15-17-27-25/h1-14,23-25,27,29H,15-18H2,(H,28,30). The van der Waals surface area contributed by atoms with Crippen LogP contribution in [0.5, 0.6) is 0 Å². The van der Waals surface area contributed by atoms with Crippen molar-refractivity contribution in [2.45, 2.75) is 30.8 Å². The molecule has 154 valence electrons. The third-order valence-corrected chi connectivity index (χ3v) is 5.92. The monoisotopic (exact) mass is 400 g/mol. The highest BCUT2D eigenvalue weighted by Crippen LogP contribution is 2.38. The molecule has 0 saturated heterocycles. The number of rotatable bonds is 7. The van der Waals surface area contributed by atoms with Crippen molar-refractivity contribution < 1.29 is 9.90 Å². The number of aliphatic hydroxyl groups excluding tert-OH is 1. The number of nitrogens with one attached hydrogen (secondary N) is 2. The van der Waals surface area contributed by atoms with E-state index in [9.17, 15) is 9.90 Å². The van der Waals surface area contributed by atoms with Gasteiger partial charge in [-0.2, -0.15) is 0 Å². The summed E-state index contributed by atoms with van der Waals surface area (Å²) in [6, 6.07) is 27.9. The quantitative estimate of drug-likeness (QED) is 0.565. The molecule has 1 amide bonds. The first-order valence-electron chi connectivity index (χ1n) is 10.6. The Labute approximate surface area is 178 Å². The fourth-order valence-corrected chi connectivity index (χ4v) is 4.51. The topological polar surface area (TPSA) is 61.4 Å². The summed E-state index contributed by atoms with van der Waals surface area (Å²) in [5.74, 6) is -0.119. The molecule has 4 rings (SSSR count). The van der Waals surface area contributed by atoms with E-state index in [0.29, 0.717) is 12.0 Å². The van der Waals surface area contributed by atoms with Crippen molar-refractivity contribution in [3.8, 4) is 0 Å². The Morgan fingerprint density at radius 3 is 2.37 bits per heavy atom. The third-order valence-electron chi connectivity index (χ3n) is 5.92. The molecular formula is C26H28N2O2. The molecule has 0 fully saturated rings. The number of carbonyl (C=O) groups is 1. The second-order valence-corrected chi connectivity index (χ2v) is 7.78. The Bertz CT molecular complexity index is 959. The summed E-state index contributed by atoms with van der Waals surface area (Å²) in [5, 5.41) is 16.8. The first-order valence-corrected chi connectivity index (χ1v) is 10.6. The highest BCUT2D eigenvalue weighted by molar-refractivity contribution is 5.94. The lowest BCUT2D eigenvalue weighted by Gasteiger charge is -2.38. The molecule has 3 atom stereocenters.